The molecule has 4 aromatic carbocycles. The molecule has 4 N–H and O–H groups in total. The van der Waals surface area contributed by atoms with Crippen molar-refractivity contribution in [2.24, 2.45) is 0 Å². The summed E-state index contributed by atoms with van der Waals surface area (Å²) < 4.78 is 0. The van der Waals surface area contributed by atoms with Gasteiger partial charge in [-0.3, -0.25) is 0 Å². The fraction of sp³-hybridized carbons (Fsp3) is 0.760. The van der Waals surface area contributed by atoms with Crippen LogP contribution in [0.25, 0.3) is 0 Å². The van der Waals surface area contributed by atoms with Crippen LogP contribution in [0.2, 0.25) is 0 Å². The number of rotatable bonds is 52. The van der Waals surface area contributed by atoms with Gasteiger partial charge in [-0.1, -0.05) is 408 Å². The summed E-state index contributed by atoms with van der Waals surface area (Å²) in [5, 5.41) is 48.8. The van der Waals surface area contributed by atoms with Crippen LogP contribution in [0.1, 0.15) is 438 Å². The highest BCUT2D eigenvalue weighted by Gasteiger charge is 2.38. The lowest BCUT2D eigenvalue weighted by molar-refractivity contribution is 0.445. The maximum Gasteiger partial charge on any atom is 0.119 e. The van der Waals surface area contributed by atoms with Crippen molar-refractivity contribution in [3.05, 3.63) is 117 Å². The van der Waals surface area contributed by atoms with Gasteiger partial charge in [-0.2, -0.15) is 23.5 Å². The van der Waals surface area contributed by atoms with Crippen LogP contribution in [-0.2, 0) is 47.3 Å². The molecule has 2 heterocycles. The zero-order chi connectivity index (χ0) is 80.2. The zero-order valence-electron chi connectivity index (χ0n) is 73.7. The summed E-state index contributed by atoms with van der Waals surface area (Å²) in [6, 6.07) is 25.5. The molecular formula is C100H168O4S6. The van der Waals surface area contributed by atoms with E-state index < -0.39 is 0 Å². The van der Waals surface area contributed by atoms with Crippen molar-refractivity contribution in [2.75, 3.05) is 0 Å². The average molecular weight is 1630 g/mol. The van der Waals surface area contributed by atoms with E-state index >= 15 is 0 Å². The Morgan fingerprint density at radius 2 is 0.382 bits per heavy atom. The molecule has 0 bridgehead atoms. The highest BCUT2D eigenvalue weighted by molar-refractivity contribution is 8.80. The highest BCUT2D eigenvalue weighted by Crippen LogP contribution is 2.54. The predicted octanol–water partition coefficient (Wildman–Crippen LogP) is 33.4. The SMILES string of the molecule is CCCCCCC1SC(CCCCCC)C(CCCCCCCc2ccc(C(C)(C)C)c(O)c2)SC1CCCCCCCc1ccc(C(C)(C)C)c(O)c1.CCCCCCC1SSC(CCCCCC)C(CCCCCCCc2ccc(C(C)(C)C)c(O)c2)SSC1CCCCCCCc1ccc(C(C)(C)C)c(O)c1. The van der Waals surface area contributed by atoms with Gasteiger partial charge in [0.25, 0.3) is 0 Å². The van der Waals surface area contributed by atoms with Gasteiger partial charge in [0.15, 0.2) is 0 Å². The molecule has 0 spiro atoms. The second-order valence-corrected chi connectivity index (χ2v) is 46.5. The van der Waals surface area contributed by atoms with Crippen LogP contribution >= 0.6 is 66.7 Å². The summed E-state index contributed by atoms with van der Waals surface area (Å²) in [5.41, 5.74) is 9.21. The molecule has 628 valence electrons. The Morgan fingerprint density at radius 3 is 0.555 bits per heavy atom. The minimum Gasteiger partial charge on any atom is -0.508 e. The van der Waals surface area contributed by atoms with Crippen molar-refractivity contribution in [3.63, 3.8) is 0 Å². The molecule has 110 heavy (non-hydrogen) atoms. The fourth-order valence-corrected chi connectivity index (χ4v) is 29.4. The molecule has 4 aromatic rings. The molecule has 0 amide bonds. The third-order valence-corrected chi connectivity index (χ3v) is 35.1. The Kier molecular flexibility index (Phi) is 49.4. The summed E-state index contributed by atoms with van der Waals surface area (Å²) in [6.07, 6.45) is 63.9. The third kappa shape index (κ3) is 39.6. The normalized spacial score (nSPS) is 19.5. The van der Waals surface area contributed by atoms with Gasteiger partial charge >= 0.3 is 0 Å². The second kappa shape index (κ2) is 55.0. The van der Waals surface area contributed by atoms with E-state index in [-0.39, 0.29) is 21.7 Å². The number of unbranched alkanes of at least 4 members (excludes halogenated alkanes) is 28. The summed E-state index contributed by atoms with van der Waals surface area (Å²) >= 11 is 4.89. The smallest absolute Gasteiger partial charge is 0.119 e. The Balaban J connectivity index is 0.000000394. The van der Waals surface area contributed by atoms with Crippen LogP contribution in [-0.4, -0.2) is 62.4 Å². The first-order valence-electron chi connectivity index (χ1n) is 45.9. The number of phenols is 4. The Labute approximate surface area is 704 Å². The molecule has 2 aliphatic heterocycles. The lowest BCUT2D eigenvalue weighted by atomic mass is 9.85. The highest BCUT2D eigenvalue weighted by atomic mass is 33.1. The van der Waals surface area contributed by atoms with Crippen molar-refractivity contribution < 1.29 is 20.4 Å². The molecule has 6 rings (SSSR count). The fourth-order valence-electron chi connectivity index (χ4n) is 16.7. The van der Waals surface area contributed by atoms with Gasteiger partial charge in [0, 0.05) is 42.0 Å². The van der Waals surface area contributed by atoms with Gasteiger partial charge in [-0.15, -0.1) is 0 Å². The van der Waals surface area contributed by atoms with Gasteiger partial charge in [0.05, 0.1) is 0 Å². The predicted molar refractivity (Wildman–Crippen MR) is 504 cm³/mol. The van der Waals surface area contributed by atoms with Crippen LogP contribution in [0.15, 0.2) is 72.8 Å². The van der Waals surface area contributed by atoms with Gasteiger partial charge in [-0.05, 0) is 193 Å². The van der Waals surface area contributed by atoms with Crippen molar-refractivity contribution in [3.8, 4) is 23.0 Å². The largest absolute Gasteiger partial charge is 0.508 e. The molecule has 0 aromatic heterocycles. The number of aryl methyl sites for hydroxylation is 4. The van der Waals surface area contributed by atoms with Gasteiger partial charge < -0.3 is 20.4 Å². The Bertz CT molecular complexity index is 2830. The number of thioether (sulfide) groups is 2. The molecule has 2 saturated heterocycles. The van der Waals surface area contributed by atoms with E-state index in [2.05, 4.69) is 226 Å². The van der Waals surface area contributed by atoms with E-state index in [9.17, 15) is 20.4 Å². The van der Waals surface area contributed by atoms with Crippen molar-refractivity contribution in [1.82, 2.24) is 0 Å². The van der Waals surface area contributed by atoms with Crippen LogP contribution in [0.4, 0.5) is 0 Å². The molecule has 10 heteroatoms. The molecule has 2 aliphatic rings. The summed E-state index contributed by atoms with van der Waals surface area (Å²) in [5.74, 6) is 1.85. The molecule has 0 saturated carbocycles. The monoisotopic (exact) mass is 1630 g/mol. The molecule has 4 nitrogen and oxygen atoms in total. The van der Waals surface area contributed by atoms with E-state index in [4.69, 9.17) is 0 Å². The minimum absolute atomic E-state index is 0.0183. The standard InChI is InChI=1S/C50H84O2S4.C50H84O2S2/c1-9-11-13-23-29-45-47(31-25-19-15-17-21-27-39-33-35-41(43(51)37-39)49(3,4)5)55-56-48(46(54-53-45)30-24-14-12-10-2)32-26-20-16-18-22-28-40-34-36-42(44(52)38-40)50(6,7)8;1-9-11-13-23-29-45-47(31-25-19-15-17-21-27-39-33-35-41(43(51)37-39)49(3,4)5)54-48(46(53-45)30-24-14-12-10-2)32-26-20-16-18-22-28-40-34-36-42(44(52)38-40)50(6,7)8/h33-38,45-48,51-52H,9-32H2,1-8H3;33-38,45-48,51-52H,9-32H2,1-8H3. The Morgan fingerprint density at radius 1 is 0.218 bits per heavy atom. The van der Waals surface area contributed by atoms with Crippen molar-refractivity contribution >= 4 is 66.7 Å². The minimum atomic E-state index is -0.0209. The maximum atomic E-state index is 10.6. The van der Waals surface area contributed by atoms with Crippen LogP contribution < -0.4 is 0 Å². The molecule has 8 unspecified atom stereocenters. The lowest BCUT2D eigenvalue weighted by Gasteiger charge is -2.41. The van der Waals surface area contributed by atoms with E-state index in [1.807, 2.05) is 24.3 Å². The molecule has 0 radical (unpaired) electrons. The topological polar surface area (TPSA) is 80.9 Å². The number of hydrogen-bond donors (Lipinski definition) is 4. The quantitative estimate of drug-likeness (QED) is 0.0254. The maximum absolute atomic E-state index is 10.6. The van der Waals surface area contributed by atoms with E-state index in [1.165, 1.54) is 305 Å². The first-order chi connectivity index (χ1) is 52.7. The van der Waals surface area contributed by atoms with Crippen molar-refractivity contribution in [1.29, 1.82) is 0 Å². The van der Waals surface area contributed by atoms with Gasteiger partial charge in [0.1, 0.15) is 23.0 Å². The van der Waals surface area contributed by atoms with Crippen LogP contribution in [0, 0.1) is 0 Å². The summed E-state index contributed by atoms with van der Waals surface area (Å²) in [7, 11) is 9.23. The molecule has 0 aliphatic carbocycles. The number of phenolic OH excluding ortho intramolecular Hbond substituents is 4. The van der Waals surface area contributed by atoms with E-state index in [1.54, 1.807) is 0 Å². The van der Waals surface area contributed by atoms with Gasteiger partial charge in [-0.25, -0.2) is 0 Å². The summed E-state index contributed by atoms with van der Waals surface area (Å²) in [4.78, 5) is 0. The second-order valence-electron chi connectivity index (χ2n) is 38.0. The number of hydrogen-bond acceptors (Lipinski definition) is 10. The average Bonchev–Trinajstić information content (AvgIpc) is 0.861. The Hall–Kier alpha value is -1.82. The van der Waals surface area contributed by atoms with Crippen molar-refractivity contribution in [2.45, 2.75) is 483 Å². The molecular weight excluding hydrogens is 1460 g/mol. The lowest BCUT2D eigenvalue weighted by Crippen LogP contribution is -2.36. The number of benzene rings is 4. The molecule has 2 fully saturated rings. The summed E-state index contributed by atoms with van der Waals surface area (Å²) in [6.45, 7) is 35.4. The van der Waals surface area contributed by atoms with E-state index in [0.29, 0.717) is 23.0 Å². The first kappa shape index (κ1) is 98.8. The van der Waals surface area contributed by atoms with Crippen LogP contribution in [0.3, 0.4) is 0 Å². The zero-order valence-corrected chi connectivity index (χ0v) is 78.6. The van der Waals surface area contributed by atoms with Crippen LogP contribution in [0.5, 0.6) is 23.0 Å². The number of aromatic hydroxyl groups is 4. The first-order valence-corrected chi connectivity index (χ1v) is 52.3. The molecule has 8 atom stereocenters. The third-order valence-electron chi connectivity index (χ3n) is 23.6. The van der Waals surface area contributed by atoms with Gasteiger partial charge in [0.2, 0.25) is 0 Å². The van der Waals surface area contributed by atoms with E-state index in [0.717, 1.165) is 89.9 Å².